The zero-order chi connectivity index (χ0) is 12.1. The maximum Gasteiger partial charge on any atom is 0.322 e. The summed E-state index contributed by atoms with van der Waals surface area (Å²) >= 11 is 0. The zero-order valence-electron chi connectivity index (χ0n) is 7.37. The van der Waals surface area contributed by atoms with E-state index in [1.807, 2.05) is 0 Å². The van der Waals surface area contributed by atoms with E-state index in [2.05, 4.69) is 0 Å². The summed E-state index contributed by atoms with van der Waals surface area (Å²) in [5, 5.41) is 24.9. The predicted molar refractivity (Wildman–Crippen MR) is 46.2 cm³/mol. The first-order valence-corrected chi connectivity index (χ1v) is 5.25. The second kappa shape index (κ2) is 5.28. The highest BCUT2D eigenvalue weighted by Gasteiger charge is 2.26. The number of carbonyl (C=O) groups is 2. The zero-order valence-corrected chi connectivity index (χ0v) is 8.19. The van der Waals surface area contributed by atoms with E-state index in [9.17, 15) is 18.0 Å². The number of carboxylic acids is 2. The number of rotatable bonds is 6. The lowest BCUT2D eigenvalue weighted by Crippen LogP contribution is -2.42. The first-order chi connectivity index (χ1) is 6.78. The smallest absolute Gasteiger partial charge is 0.322 e. The third-order valence-corrected chi connectivity index (χ3v) is 2.41. The molecule has 3 N–H and O–H groups in total. The normalized spacial score (nSPS) is 12.7. The van der Waals surface area contributed by atoms with Crippen LogP contribution in [0.5, 0.6) is 0 Å². The first-order valence-electron chi connectivity index (χ1n) is 3.60. The lowest BCUT2D eigenvalue weighted by Gasteiger charge is -2.10. The third kappa shape index (κ3) is 5.61. The molecular weight excluding hydrogens is 228 g/mol. The minimum Gasteiger partial charge on any atom is -0.481 e. The van der Waals surface area contributed by atoms with Gasteiger partial charge in [-0.25, -0.2) is 8.42 Å². The molecule has 0 aromatic carbocycles. The van der Waals surface area contributed by atoms with Gasteiger partial charge in [0.1, 0.15) is 6.04 Å². The highest BCUT2D eigenvalue weighted by molar-refractivity contribution is 7.89. The molecule has 0 aliphatic heterocycles. The lowest BCUT2D eigenvalue weighted by molar-refractivity contribution is -0.145. The van der Waals surface area contributed by atoms with E-state index in [1.54, 1.807) is 4.72 Å². The van der Waals surface area contributed by atoms with E-state index in [0.29, 0.717) is 0 Å². The van der Waals surface area contributed by atoms with Gasteiger partial charge in [-0.05, 0) is 0 Å². The van der Waals surface area contributed by atoms with Crippen molar-refractivity contribution in [2.75, 3.05) is 5.75 Å². The van der Waals surface area contributed by atoms with Crippen LogP contribution in [0.25, 0.3) is 0 Å². The van der Waals surface area contributed by atoms with Crippen LogP contribution in [0.2, 0.25) is 0 Å². The van der Waals surface area contributed by atoms with Gasteiger partial charge in [-0.1, -0.05) is 0 Å². The summed E-state index contributed by atoms with van der Waals surface area (Å²) in [7, 11) is -4.08. The summed E-state index contributed by atoms with van der Waals surface area (Å²) in [6.45, 7) is 0. The largest absolute Gasteiger partial charge is 0.481 e. The molecule has 0 saturated carbocycles. The highest BCUT2D eigenvalue weighted by Crippen LogP contribution is 1.96. The van der Waals surface area contributed by atoms with Gasteiger partial charge >= 0.3 is 11.9 Å². The van der Waals surface area contributed by atoms with Crippen LogP contribution < -0.4 is 4.72 Å². The molecule has 0 bridgehead atoms. The average molecular weight is 236 g/mol. The molecule has 0 spiro atoms. The van der Waals surface area contributed by atoms with Crippen molar-refractivity contribution in [2.45, 2.75) is 12.5 Å². The Morgan fingerprint density at radius 1 is 1.40 bits per heavy atom. The molecule has 0 aliphatic carbocycles. The Kier molecular flexibility index (Phi) is 4.69. The van der Waals surface area contributed by atoms with Gasteiger partial charge < -0.3 is 10.2 Å². The number of nitrogens with zero attached hydrogens (tertiary/aromatic N) is 1. The van der Waals surface area contributed by atoms with Crippen LogP contribution in [0.1, 0.15) is 6.42 Å². The molecular formula is C6H8N2O6S. The fraction of sp³-hybridized carbons (Fsp3) is 0.500. The summed E-state index contributed by atoms with van der Waals surface area (Å²) in [5.41, 5.74) is 0. The molecule has 0 aromatic heterocycles. The summed E-state index contributed by atoms with van der Waals surface area (Å²) in [5.74, 6) is -3.99. The summed E-state index contributed by atoms with van der Waals surface area (Å²) in [6, 6.07) is -0.448. The molecule has 0 fully saturated rings. The van der Waals surface area contributed by atoms with Gasteiger partial charge in [0.25, 0.3) is 0 Å². The number of sulfonamides is 1. The van der Waals surface area contributed by atoms with Crippen molar-refractivity contribution in [3.8, 4) is 6.07 Å². The minimum absolute atomic E-state index is 0.889. The van der Waals surface area contributed by atoms with Gasteiger partial charge in [-0.3, -0.25) is 9.59 Å². The quantitative estimate of drug-likeness (QED) is 0.501. The van der Waals surface area contributed by atoms with Gasteiger partial charge in [0.2, 0.25) is 10.0 Å². The highest BCUT2D eigenvalue weighted by atomic mass is 32.2. The van der Waals surface area contributed by atoms with Gasteiger partial charge in [-0.2, -0.15) is 9.98 Å². The first kappa shape index (κ1) is 13.3. The average Bonchev–Trinajstić information content (AvgIpc) is 2.00. The number of aliphatic carboxylic acids is 2. The van der Waals surface area contributed by atoms with E-state index < -0.39 is 40.2 Å². The van der Waals surface area contributed by atoms with Crippen molar-refractivity contribution in [1.82, 2.24) is 4.72 Å². The maximum absolute atomic E-state index is 10.9. The number of hydrogen-bond acceptors (Lipinski definition) is 5. The van der Waals surface area contributed by atoms with Gasteiger partial charge in [-0.15, -0.1) is 0 Å². The number of nitrogens with one attached hydrogen (secondary N) is 1. The Balaban J connectivity index is 4.64. The Morgan fingerprint density at radius 3 is 2.27 bits per heavy atom. The maximum atomic E-state index is 10.9. The molecule has 0 amide bonds. The van der Waals surface area contributed by atoms with Crippen LogP contribution in [-0.4, -0.2) is 42.4 Å². The lowest BCUT2D eigenvalue weighted by atomic mass is 10.2. The molecule has 15 heavy (non-hydrogen) atoms. The standard InChI is InChI=1S/C6H8N2O6S/c7-1-2-15(13,14)8-4(6(11)12)3-5(9)10/h4,8H,2-3H2,(H,9,10)(H,11,12)/t4-/m1/s1. The summed E-state index contributed by atoms with van der Waals surface area (Å²) < 4.78 is 23.5. The fourth-order valence-electron chi connectivity index (χ4n) is 0.697. The molecule has 0 rings (SSSR count). The van der Waals surface area contributed by atoms with Crippen molar-refractivity contribution in [3.05, 3.63) is 0 Å². The second-order valence-electron chi connectivity index (χ2n) is 2.52. The molecule has 0 unspecified atom stereocenters. The summed E-state index contributed by atoms with van der Waals surface area (Å²) in [6.07, 6.45) is -0.889. The minimum atomic E-state index is -4.08. The Morgan fingerprint density at radius 2 is 1.93 bits per heavy atom. The van der Waals surface area contributed by atoms with Crippen LogP contribution in [0.3, 0.4) is 0 Å². The van der Waals surface area contributed by atoms with Crippen LogP contribution in [0.15, 0.2) is 0 Å². The molecule has 0 heterocycles. The SMILES string of the molecule is N#CCS(=O)(=O)N[C@H](CC(=O)O)C(=O)O. The van der Waals surface area contributed by atoms with Gasteiger partial charge in [0.15, 0.2) is 5.75 Å². The van der Waals surface area contributed by atoms with Gasteiger partial charge in [0, 0.05) is 0 Å². The Hall–Kier alpha value is -1.66. The molecule has 0 aliphatic rings. The molecule has 9 heteroatoms. The molecule has 8 nitrogen and oxygen atoms in total. The van der Waals surface area contributed by atoms with Crippen LogP contribution in [0, 0.1) is 11.3 Å². The number of hydrogen-bond donors (Lipinski definition) is 3. The third-order valence-electron chi connectivity index (χ3n) is 1.25. The molecule has 0 saturated heterocycles. The van der Waals surface area contributed by atoms with E-state index in [0.717, 1.165) is 0 Å². The predicted octanol–water partition coefficient (Wildman–Crippen LogP) is -1.64. The van der Waals surface area contributed by atoms with Crippen molar-refractivity contribution < 1.29 is 28.2 Å². The summed E-state index contributed by atoms with van der Waals surface area (Å²) in [4.78, 5) is 20.6. The van der Waals surface area contributed by atoms with Crippen LogP contribution in [-0.2, 0) is 19.6 Å². The fourth-order valence-corrected chi connectivity index (χ4v) is 1.57. The van der Waals surface area contributed by atoms with E-state index in [1.165, 1.54) is 6.07 Å². The van der Waals surface area contributed by atoms with Gasteiger partial charge in [0.05, 0.1) is 12.5 Å². The van der Waals surface area contributed by atoms with E-state index in [4.69, 9.17) is 15.5 Å². The Bertz CT molecular complexity index is 394. The topological polar surface area (TPSA) is 145 Å². The number of nitriles is 1. The van der Waals surface area contributed by atoms with Crippen LogP contribution >= 0.6 is 0 Å². The van der Waals surface area contributed by atoms with Crippen LogP contribution in [0.4, 0.5) is 0 Å². The van der Waals surface area contributed by atoms with E-state index >= 15 is 0 Å². The number of carboxylic acid groups (broad SMARTS) is 2. The van der Waals surface area contributed by atoms with Crippen molar-refractivity contribution >= 4 is 22.0 Å². The molecule has 0 aromatic rings. The molecule has 1 atom stereocenters. The van der Waals surface area contributed by atoms with E-state index in [-0.39, 0.29) is 0 Å². The monoisotopic (exact) mass is 236 g/mol. The second-order valence-corrected chi connectivity index (χ2v) is 4.28. The molecule has 0 radical (unpaired) electrons. The van der Waals surface area contributed by atoms with Crippen molar-refractivity contribution in [3.63, 3.8) is 0 Å². The Labute approximate surface area is 85.2 Å². The molecule has 84 valence electrons. The van der Waals surface area contributed by atoms with Crippen molar-refractivity contribution in [1.29, 1.82) is 5.26 Å². The van der Waals surface area contributed by atoms with Crippen molar-refractivity contribution in [2.24, 2.45) is 0 Å².